The third kappa shape index (κ3) is 3.47. The van der Waals surface area contributed by atoms with Crippen molar-refractivity contribution in [3.05, 3.63) is 24.0 Å². The summed E-state index contributed by atoms with van der Waals surface area (Å²) in [5.41, 5.74) is 2.79. The van der Waals surface area contributed by atoms with Crippen LogP contribution in [0.4, 0.5) is 5.69 Å². The minimum atomic E-state index is 0.787. The zero-order chi connectivity index (χ0) is 13.1. The Kier molecular flexibility index (Phi) is 4.02. The van der Waals surface area contributed by atoms with E-state index in [0.717, 1.165) is 25.0 Å². The largest absolute Gasteiger partial charge is 0.367 e. The van der Waals surface area contributed by atoms with Gasteiger partial charge >= 0.3 is 0 Å². The van der Waals surface area contributed by atoms with E-state index in [2.05, 4.69) is 34.4 Å². The first kappa shape index (κ1) is 12.9. The highest BCUT2D eigenvalue weighted by atomic mass is 15.2. The predicted molar refractivity (Wildman–Crippen MR) is 79.3 cm³/mol. The Hall–Kier alpha value is -1.09. The van der Waals surface area contributed by atoms with Crippen LogP contribution in [0.3, 0.4) is 0 Å². The molecular formula is C16H25N3. The Morgan fingerprint density at radius 1 is 1.32 bits per heavy atom. The fraction of sp³-hybridized carbons (Fsp3) is 0.688. The van der Waals surface area contributed by atoms with Crippen LogP contribution >= 0.6 is 0 Å². The molecule has 3 rings (SSSR count). The standard InChI is InChI=1S/C16H25N3/c1-2-8-17-10-14-7-9-18-11-16(14)19(15-5-6-15)12-13-3-4-13/h7,9,11,13,15,17H,2-6,8,10,12H2,1H3. The number of pyridine rings is 1. The summed E-state index contributed by atoms with van der Waals surface area (Å²) < 4.78 is 0. The third-order valence-electron chi connectivity index (χ3n) is 4.08. The Bertz CT molecular complexity index is 410. The van der Waals surface area contributed by atoms with Crippen LogP contribution in [0.5, 0.6) is 0 Å². The van der Waals surface area contributed by atoms with Crippen molar-refractivity contribution in [1.29, 1.82) is 0 Å². The smallest absolute Gasteiger partial charge is 0.0600 e. The normalized spacial score (nSPS) is 18.6. The van der Waals surface area contributed by atoms with Crippen LogP contribution < -0.4 is 10.2 Å². The summed E-state index contributed by atoms with van der Waals surface area (Å²) in [4.78, 5) is 7.00. The predicted octanol–water partition coefficient (Wildman–Crippen LogP) is 2.96. The molecule has 0 saturated heterocycles. The van der Waals surface area contributed by atoms with Gasteiger partial charge < -0.3 is 10.2 Å². The van der Waals surface area contributed by atoms with E-state index >= 15 is 0 Å². The molecule has 3 nitrogen and oxygen atoms in total. The van der Waals surface area contributed by atoms with E-state index < -0.39 is 0 Å². The lowest BCUT2D eigenvalue weighted by molar-refractivity contribution is 0.664. The molecule has 1 heterocycles. The Morgan fingerprint density at radius 3 is 2.84 bits per heavy atom. The molecule has 0 aromatic carbocycles. The second kappa shape index (κ2) is 5.91. The summed E-state index contributed by atoms with van der Waals surface area (Å²) in [6, 6.07) is 2.97. The molecule has 2 aliphatic carbocycles. The van der Waals surface area contributed by atoms with Crippen molar-refractivity contribution in [2.45, 2.75) is 51.6 Å². The molecule has 1 N–H and O–H groups in total. The van der Waals surface area contributed by atoms with Gasteiger partial charge in [0.15, 0.2) is 0 Å². The first-order chi connectivity index (χ1) is 9.38. The molecule has 0 bridgehead atoms. The number of hydrogen-bond donors (Lipinski definition) is 1. The molecule has 19 heavy (non-hydrogen) atoms. The van der Waals surface area contributed by atoms with Crippen LogP contribution in [0.2, 0.25) is 0 Å². The summed E-state index contributed by atoms with van der Waals surface area (Å²) in [6.45, 7) is 5.52. The zero-order valence-corrected chi connectivity index (χ0v) is 11.9. The highest BCUT2D eigenvalue weighted by Gasteiger charge is 2.34. The van der Waals surface area contributed by atoms with Gasteiger partial charge in [-0.3, -0.25) is 4.98 Å². The number of anilines is 1. The van der Waals surface area contributed by atoms with E-state index in [0.29, 0.717) is 0 Å². The molecular weight excluding hydrogens is 234 g/mol. The van der Waals surface area contributed by atoms with Crippen molar-refractivity contribution < 1.29 is 0 Å². The number of hydrogen-bond acceptors (Lipinski definition) is 3. The van der Waals surface area contributed by atoms with E-state index in [1.54, 1.807) is 0 Å². The summed E-state index contributed by atoms with van der Waals surface area (Å²) in [5.74, 6) is 0.942. The van der Waals surface area contributed by atoms with Gasteiger partial charge in [0.2, 0.25) is 0 Å². The van der Waals surface area contributed by atoms with E-state index in [-0.39, 0.29) is 0 Å². The van der Waals surface area contributed by atoms with Crippen LogP contribution in [-0.4, -0.2) is 24.1 Å². The van der Waals surface area contributed by atoms with Gasteiger partial charge in [-0.15, -0.1) is 0 Å². The quantitative estimate of drug-likeness (QED) is 0.728. The molecule has 2 aliphatic rings. The van der Waals surface area contributed by atoms with Crippen LogP contribution in [0.1, 0.15) is 44.6 Å². The molecule has 0 spiro atoms. The lowest BCUT2D eigenvalue weighted by atomic mass is 10.2. The maximum Gasteiger partial charge on any atom is 0.0600 e. The van der Waals surface area contributed by atoms with Crippen LogP contribution in [-0.2, 0) is 6.54 Å². The second-order valence-corrected chi connectivity index (χ2v) is 6.01. The minimum Gasteiger partial charge on any atom is -0.367 e. The maximum atomic E-state index is 4.36. The fourth-order valence-electron chi connectivity index (χ4n) is 2.63. The van der Waals surface area contributed by atoms with Gasteiger partial charge in [-0.25, -0.2) is 0 Å². The molecule has 2 fully saturated rings. The van der Waals surface area contributed by atoms with Crippen molar-refractivity contribution in [2.75, 3.05) is 18.0 Å². The topological polar surface area (TPSA) is 28.2 Å². The zero-order valence-electron chi connectivity index (χ0n) is 11.9. The van der Waals surface area contributed by atoms with Crippen LogP contribution in [0.25, 0.3) is 0 Å². The fourth-order valence-corrected chi connectivity index (χ4v) is 2.63. The van der Waals surface area contributed by atoms with Gasteiger partial charge in [0.25, 0.3) is 0 Å². The Balaban J connectivity index is 1.72. The average Bonchev–Trinajstić information content (AvgIpc) is 3.29. The minimum absolute atomic E-state index is 0.787. The molecule has 0 atom stereocenters. The van der Waals surface area contributed by atoms with Crippen molar-refractivity contribution in [1.82, 2.24) is 10.3 Å². The molecule has 1 aromatic rings. The van der Waals surface area contributed by atoms with E-state index in [9.17, 15) is 0 Å². The summed E-state index contributed by atoms with van der Waals surface area (Å²) >= 11 is 0. The molecule has 3 heteroatoms. The van der Waals surface area contributed by atoms with Crippen LogP contribution in [0, 0.1) is 5.92 Å². The van der Waals surface area contributed by atoms with Gasteiger partial charge in [0.1, 0.15) is 0 Å². The van der Waals surface area contributed by atoms with Gasteiger partial charge in [-0.2, -0.15) is 0 Å². The summed E-state index contributed by atoms with van der Waals surface area (Å²) in [5, 5.41) is 3.52. The molecule has 2 saturated carbocycles. The highest BCUT2D eigenvalue weighted by Crippen LogP contribution is 2.38. The first-order valence-corrected chi connectivity index (χ1v) is 7.78. The summed E-state index contributed by atoms with van der Waals surface area (Å²) in [7, 11) is 0. The Labute approximate surface area is 116 Å². The maximum absolute atomic E-state index is 4.36. The lowest BCUT2D eigenvalue weighted by Gasteiger charge is -2.27. The molecule has 104 valence electrons. The first-order valence-electron chi connectivity index (χ1n) is 7.78. The lowest BCUT2D eigenvalue weighted by Crippen LogP contribution is -2.30. The van der Waals surface area contributed by atoms with Gasteiger partial charge in [0.05, 0.1) is 11.9 Å². The number of nitrogens with one attached hydrogen (secondary N) is 1. The van der Waals surface area contributed by atoms with Gasteiger partial charge in [-0.1, -0.05) is 6.92 Å². The molecule has 0 unspecified atom stereocenters. The van der Waals surface area contributed by atoms with Crippen molar-refractivity contribution >= 4 is 5.69 Å². The monoisotopic (exact) mass is 259 g/mol. The van der Waals surface area contributed by atoms with Gasteiger partial charge in [0, 0.05) is 25.3 Å². The second-order valence-electron chi connectivity index (χ2n) is 6.01. The van der Waals surface area contributed by atoms with Crippen molar-refractivity contribution in [3.8, 4) is 0 Å². The number of nitrogens with zero attached hydrogens (tertiary/aromatic N) is 2. The average molecular weight is 259 g/mol. The number of rotatable bonds is 8. The van der Waals surface area contributed by atoms with E-state index in [1.807, 2.05) is 6.20 Å². The Morgan fingerprint density at radius 2 is 2.16 bits per heavy atom. The molecule has 0 amide bonds. The van der Waals surface area contributed by atoms with E-state index in [4.69, 9.17) is 0 Å². The molecule has 0 aliphatic heterocycles. The summed E-state index contributed by atoms with van der Waals surface area (Å²) in [6.07, 6.45) is 10.8. The molecule has 1 aromatic heterocycles. The number of aromatic nitrogens is 1. The van der Waals surface area contributed by atoms with Crippen LogP contribution in [0.15, 0.2) is 18.5 Å². The van der Waals surface area contributed by atoms with Crippen molar-refractivity contribution in [2.24, 2.45) is 5.92 Å². The highest BCUT2D eigenvalue weighted by molar-refractivity contribution is 5.53. The van der Waals surface area contributed by atoms with Crippen molar-refractivity contribution in [3.63, 3.8) is 0 Å². The third-order valence-corrected chi connectivity index (χ3v) is 4.08. The van der Waals surface area contributed by atoms with Gasteiger partial charge in [-0.05, 0) is 56.2 Å². The SMILES string of the molecule is CCCNCc1ccncc1N(CC1CC1)C1CC1. The van der Waals surface area contributed by atoms with E-state index in [1.165, 1.54) is 49.9 Å². The molecule has 0 radical (unpaired) electrons.